The van der Waals surface area contributed by atoms with E-state index < -0.39 is 12.2 Å². The normalized spacial score (nSPS) is 11.3. The lowest BCUT2D eigenvalue weighted by Gasteiger charge is -2.12. The van der Waals surface area contributed by atoms with Gasteiger partial charge in [-0.3, -0.25) is 0 Å². The maximum absolute atomic E-state index is 13.5. The highest BCUT2D eigenvalue weighted by Crippen LogP contribution is 2.30. The van der Waals surface area contributed by atoms with Gasteiger partial charge in [0.15, 0.2) is 0 Å². The van der Waals surface area contributed by atoms with E-state index in [9.17, 15) is 13.2 Å². The molecule has 0 fully saturated rings. The zero-order chi connectivity index (χ0) is 14.0. The van der Waals surface area contributed by atoms with E-state index in [1.165, 1.54) is 18.2 Å². The van der Waals surface area contributed by atoms with Crippen molar-refractivity contribution < 1.29 is 13.2 Å². The van der Waals surface area contributed by atoms with Crippen LogP contribution in [-0.2, 0) is 0 Å². The Labute approximate surface area is 109 Å². The fourth-order valence-corrected chi connectivity index (χ4v) is 1.99. The molecule has 19 heavy (non-hydrogen) atoms. The van der Waals surface area contributed by atoms with Crippen molar-refractivity contribution in [1.29, 1.82) is 0 Å². The van der Waals surface area contributed by atoms with Gasteiger partial charge < -0.3 is 5.32 Å². The van der Waals surface area contributed by atoms with E-state index in [1.807, 2.05) is 6.92 Å². The quantitative estimate of drug-likeness (QED) is 0.886. The second-order valence-corrected chi connectivity index (χ2v) is 4.44. The minimum Gasteiger partial charge on any atom is -0.384 e. The van der Waals surface area contributed by atoms with Gasteiger partial charge in [0, 0.05) is 17.6 Å². The molecule has 2 aromatic rings. The zero-order valence-electron chi connectivity index (χ0n) is 10.8. The Bertz CT molecular complexity index is 597. The molecule has 5 heteroatoms. The summed E-state index contributed by atoms with van der Waals surface area (Å²) in [6, 6.07) is 3.91. The van der Waals surface area contributed by atoms with Crippen LogP contribution in [0.3, 0.4) is 0 Å². The Kier molecular flexibility index (Phi) is 3.93. The second kappa shape index (κ2) is 5.47. The Hall–Kier alpha value is -1.78. The molecule has 0 amide bonds. The summed E-state index contributed by atoms with van der Waals surface area (Å²) in [6.45, 7) is 4.27. The monoisotopic (exact) mass is 268 g/mol. The maximum Gasteiger partial charge on any atom is 0.280 e. The average molecular weight is 268 g/mol. The first-order valence-corrected chi connectivity index (χ1v) is 6.15. The molecule has 1 heterocycles. The summed E-state index contributed by atoms with van der Waals surface area (Å²) in [5.41, 5.74) is 1.18. The van der Waals surface area contributed by atoms with Gasteiger partial charge in [-0.2, -0.15) is 0 Å². The number of hydrogen-bond donors (Lipinski definition) is 1. The Morgan fingerprint density at radius 3 is 2.63 bits per heavy atom. The minimum atomic E-state index is -2.64. The van der Waals surface area contributed by atoms with Crippen molar-refractivity contribution in [3.05, 3.63) is 35.3 Å². The van der Waals surface area contributed by atoms with Gasteiger partial charge >= 0.3 is 0 Å². The Balaban J connectivity index is 2.67. The van der Waals surface area contributed by atoms with Crippen LogP contribution in [0.15, 0.2) is 18.2 Å². The molecule has 102 valence electrons. The van der Waals surface area contributed by atoms with E-state index in [0.29, 0.717) is 28.7 Å². The van der Waals surface area contributed by atoms with Crippen LogP contribution < -0.4 is 5.32 Å². The molecular formula is C14H15F3N2. The highest BCUT2D eigenvalue weighted by molar-refractivity contribution is 5.93. The van der Waals surface area contributed by atoms with Crippen molar-refractivity contribution in [3.63, 3.8) is 0 Å². The van der Waals surface area contributed by atoms with Crippen molar-refractivity contribution in [2.24, 2.45) is 0 Å². The summed E-state index contributed by atoms with van der Waals surface area (Å²) in [5, 5.41) is 3.58. The number of aryl methyl sites for hydroxylation is 1. The van der Waals surface area contributed by atoms with Crippen molar-refractivity contribution in [2.75, 3.05) is 11.9 Å². The first-order chi connectivity index (χ1) is 9.02. The third kappa shape index (κ3) is 2.80. The lowest BCUT2D eigenvalue weighted by molar-refractivity contribution is 0.146. The molecule has 1 aromatic carbocycles. The van der Waals surface area contributed by atoms with Crippen LogP contribution in [-0.4, -0.2) is 11.5 Å². The van der Waals surface area contributed by atoms with Crippen LogP contribution in [0.2, 0.25) is 0 Å². The molecule has 0 saturated carbocycles. The van der Waals surface area contributed by atoms with E-state index in [4.69, 9.17) is 0 Å². The molecule has 0 atom stereocenters. The number of aromatic nitrogens is 1. The highest BCUT2D eigenvalue weighted by Gasteiger charge is 2.15. The van der Waals surface area contributed by atoms with Crippen LogP contribution in [0.1, 0.15) is 31.0 Å². The molecular weight excluding hydrogens is 253 g/mol. The molecule has 0 aliphatic rings. The largest absolute Gasteiger partial charge is 0.384 e. The van der Waals surface area contributed by atoms with Crippen LogP contribution in [0.5, 0.6) is 0 Å². The van der Waals surface area contributed by atoms with E-state index in [-0.39, 0.29) is 5.69 Å². The van der Waals surface area contributed by atoms with Crippen molar-refractivity contribution in [1.82, 2.24) is 4.98 Å². The van der Waals surface area contributed by atoms with Gasteiger partial charge in [-0.15, -0.1) is 0 Å². The van der Waals surface area contributed by atoms with Crippen LogP contribution in [0, 0.1) is 12.7 Å². The molecule has 0 bridgehead atoms. The molecule has 0 spiro atoms. The minimum absolute atomic E-state index is 0.291. The van der Waals surface area contributed by atoms with E-state index in [1.54, 1.807) is 6.92 Å². The molecule has 0 aliphatic heterocycles. The van der Waals surface area contributed by atoms with Crippen molar-refractivity contribution >= 4 is 16.6 Å². The van der Waals surface area contributed by atoms with Gasteiger partial charge in [-0.1, -0.05) is 6.92 Å². The van der Waals surface area contributed by atoms with Crippen LogP contribution >= 0.6 is 0 Å². The summed E-state index contributed by atoms with van der Waals surface area (Å²) in [4.78, 5) is 3.93. The van der Waals surface area contributed by atoms with Crippen LogP contribution in [0.4, 0.5) is 18.9 Å². The fraction of sp³-hybridized carbons (Fsp3) is 0.357. The molecule has 1 N–H and O–H groups in total. The van der Waals surface area contributed by atoms with Crippen molar-refractivity contribution in [2.45, 2.75) is 26.7 Å². The van der Waals surface area contributed by atoms with Gasteiger partial charge in [0.2, 0.25) is 0 Å². The molecule has 2 rings (SSSR count). The molecule has 0 saturated heterocycles. The highest BCUT2D eigenvalue weighted by atomic mass is 19.3. The molecule has 2 nitrogen and oxygen atoms in total. The third-order valence-corrected chi connectivity index (χ3v) is 2.88. The maximum atomic E-state index is 13.5. The van der Waals surface area contributed by atoms with E-state index in [0.717, 1.165) is 6.42 Å². The number of nitrogens with one attached hydrogen (secondary N) is 1. The molecule has 0 aliphatic carbocycles. The molecule has 1 aromatic heterocycles. The van der Waals surface area contributed by atoms with Gasteiger partial charge in [-0.05, 0) is 37.1 Å². The van der Waals surface area contributed by atoms with Gasteiger partial charge in [-0.25, -0.2) is 18.2 Å². The number of anilines is 1. The summed E-state index contributed by atoms with van der Waals surface area (Å²) in [7, 11) is 0. The number of pyridine rings is 1. The summed E-state index contributed by atoms with van der Waals surface area (Å²) >= 11 is 0. The van der Waals surface area contributed by atoms with E-state index >= 15 is 0 Å². The average Bonchev–Trinajstić information content (AvgIpc) is 2.35. The number of benzene rings is 1. The predicted molar refractivity (Wildman–Crippen MR) is 70.2 cm³/mol. The number of halogens is 3. The Morgan fingerprint density at radius 1 is 1.26 bits per heavy atom. The number of nitrogens with zero attached hydrogens (tertiary/aromatic N) is 1. The van der Waals surface area contributed by atoms with Crippen LogP contribution in [0.25, 0.3) is 10.9 Å². The van der Waals surface area contributed by atoms with Gasteiger partial charge in [0.05, 0.1) is 5.52 Å². The predicted octanol–water partition coefficient (Wildman–Crippen LogP) is 4.44. The fourth-order valence-electron chi connectivity index (χ4n) is 1.99. The van der Waals surface area contributed by atoms with Gasteiger partial charge in [0.1, 0.15) is 11.5 Å². The molecule has 0 unspecified atom stereocenters. The zero-order valence-corrected chi connectivity index (χ0v) is 10.8. The second-order valence-electron chi connectivity index (χ2n) is 4.44. The number of rotatable bonds is 4. The summed E-state index contributed by atoms with van der Waals surface area (Å²) < 4.78 is 39.1. The first kappa shape index (κ1) is 13.6. The smallest absolute Gasteiger partial charge is 0.280 e. The number of alkyl halides is 2. The van der Waals surface area contributed by atoms with E-state index in [2.05, 4.69) is 10.3 Å². The number of fused-ring (bicyclic) bond motifs is 1. The standard InChI is InChI=1S/C14H15F3N2/c1-3-4-18-11-7-12(14(16)17)19-13-8(2)5-9(15)6-10(11)13/h5-7,14H,3-4H2,1-2H3,(H,18,19). The summed E-state index contributed by atoms with van der Waals surface area (Å²) in [5.74, 6) is -0.392. The SMILES string of the molecule is CCCNc1cc(C(F)F)nc2c(C)cc(F)cc12. The van der Waals surface area contributed by atoms with Gasteiger partial charge in [0.25, 0.3) is 6.43 Å². The lowest BCUT2D eigenvalue weighted by atomic mass is 10.1. The summed E-state index contributed by atoms with van der Waals surface area (Å²) in [6.07, 6.45) is -1.79. The lowest BCUT2D eigenvalue weighted by Crippen LogP contribution is -2.04. The molecule has 0 radical (unpaired) electrons. The third-order valence-electron chi connectivity index (χ3n) is 2.88. The Morgan fingerprint density at radius 2 is 2.00 bits per heavy atom. The number of hydrogen-bond acceptors (Lipinski definition) is 2. The first-order valence-electron chi connectivity index (χ1n) is 6.15. The topological polar surface area (TPSA) is 24.9 Å². The van der Waals surface area contributed by atoms with Crippen molar-refractivity contribution in [3.8, 4) is 0 Å².